The van der Waals surface area contributed by atoms with E-state index in [1.54, 1.807) is 46.8 Å². The lowest BCUT2D eigenvalue weighted by Gasteiger charge is -2.23. The van der Waals surface area contributed by atoms with E-state index in [1.807, 2.05) is 37.4 Å². The molecule has 0 saturated carbocycles. The molecule has 188 valence electrons. The van der Waals surface area contributed by atoms with E-state index in [4.69, 9.17) is 13.9 Å². The number of esters is 1. The second-order valence-electron chi connectivity index (χ2n) is 9.89. The lowest BCUT2D eigenvalue weighted by Crippen LogP contribution is -2.46. The predicted molar refractivity (Wildman–Crippen MR) is 137 cm³/mol. The summed E-state index contributed by atoms with van der Waals surface area (Å²) in [6.45, 7) is 10.5. The van der Waals surface area contributed by atoms with Crippen molar-refractivity contribution in [3.05, 3.63) is 75.3 Å². The zero-order chi connectivity index (χ0) is 26.2. The fourth-order valence-corrected chi connectivity index (χ4v) is 4.08. The fraction of sp³-hybridized carbons (Fsp3) is 0.321. The Labute approximate surface area is 208 Å². The number of amides is 1. The fourth-order valence-electron chi connectivity index (χ4n) is 4.08. The molecule has 0 unspecified atom stereocenters. The van der Waals surface area contributed by atoms with Gasteiger partial charge in [0.15, 0.2) is 0 Å². The highest BCUT2D eigenvalue weighted by Crippen LogP contribution is 2.30. The summed E-state index contributed by atoms with van der Waals surface area (Å²) in [6.07, 6.45) is 1.27. The summed E-state index contributed by atoms with van der Waals surface area (Å²) in [6, 6.07) is 10.1. The minimum atomic E-state index is -1.03. The molecule has 4 rings (SSSR count). The molecule has 1 amide bonds. The average Bonchev–Trinajstić information content (AvgIpc) is 3.21. The summed E-state index contributed by atoms with van der Waals surface area (Å²) in [5.74, 6) is -0.423. The lowest BCUT2D eigenvalue weighted by atomic mass is 10.0. The first-order valence-electron chi connectivity index (χ1n) is 11.7. The molecule has 0 spiro atoms. The van der Waals surface area contributed by atoms with Crippen LogP contribution in [0.2, 0.25) is 0 Å². The van der Waals surface area contributed by atoms with Gasteiger partial charge in [-0.15, -0.1) is 0 Å². The molecule has 8 nitrogen and oxygen atoms in total. The van der Waals surface area contributed by atoms with E-state index >= 15 is 0 Å². The second-order valence-corrected chi connectivity index (χ2v) is 9.89. The molecule has 0 aliphatic carbocycles. The van der Waals surface area contributed by atoms with Gasteiger partial charge < -0.3 is 24.2 Å². The summed E-state index contributed by atoms with van der Waals surface area (Å²) in [5.41, 5.74) is 2.82. The highest BCUT2D eigenvalue weighted by Gasteiger charge is 2.28. The topological polar surface area (TPSA) is 111 Å². The molecule has 2 aromatic carbocycles. The van der Waals surface area contributed by atoms with Gasteiger partial charge in [-0.1, -0.05) is 18.2 Å². The van der Waals surface area contributed by atoms with Crippen LogP contribution in [0.4, 0.5) is 4.79 Å². The minimum absolute atomic E-state index is 0.183. The SMILES string of the molecule is Cc1c(C)c2ccc(OC(=O)[C@@H](Cc3c[nH]c4ccccc34)NC(=O)OC(C)(C)C)c(C)c2oc1=O. The molecule has 0 saturated heterocycles. The van der Waals surface area contributed by atoms with E-state index in [-0.39, 0.29) is 12.2 Å². The van der Waals surface area contributed by atoms with Gasteiger partial charge in [0.05, 0.1) is 0 Å². The Balaban J connectivity index is 1.66. The monoisotopic (exact) mass is 490 g/mol. The average molecular weight is 491 g/mol. The number of aromatic nitrogens is 1. The van der Waals surface area contributed by atoms with Gasteiger partial charge in [0.25, 0.3) is 0 Å². The number of hydrogen-bond donors (Lipinski definition) is 2. The van der Waals surface area contributed by atoms with Crippen LogP contribution in [-0.4, -0.2) is 28.7 Å². The molecular formula is C28H30N2O6. The third-order valence-electron chi connectivity index (χ3n) is 6.11. The number of alkyl carbamates (subject to hydrolysis) is 1. The van der Waals surface area contributed by atoms with Crippen LogP contribution in [-0.2, 0) is 16.0 Å². The highest BCUT2D eigenvalue weighted by atomic mass is 16.6. The Morgan fingerprint density at radius 3 is 2.44 bits per heavy atom. The van der Waals surface area contributed by atoms with E-state index in [0.717, 1.165) is 27.4 Å². The summed E-state index contributed by atoms with van der Waals surface area (Å²) in [5, 5.41) is 4.37. The number of H-pyrrole nitrogens is 1. The van der Waals surface area contributed by atoms with Gasteiger partial charge in [-0.3, -0.25) is 0 Å². The zero-order valence-electron chi connectivity index (χ0n) is 21.3. The van der Waals surface area contributed by atoms with Crippen LogP contribution in [0.25, 0.3) is 21.9 Å². The van der Waals surface area contributed by atoms with Crippen molar-refractivity contribution in [2.75, 3.05) is 0 Å². The molecule has 0 bridgehead atoms. The lowest BCUT2D eigenvalue weighted by molar-refractivity contribution is -0.136. The number of hydrogen-bond acceptors (Lipinski definition) is 6. The number of carbonyl (C=O) groups is 2. The van der Waals surface area contributed by atoms with Crippen molar-refractivity contribution >= 4 is 33.9 Å². The van der Waals surface area contributed by atoms with Crippen molar-refractivity contribution in [2.24, 2.45) is 0 Å². The normalized spacial score (nSPS) is 12.5. The summed E-state index contributed by atoms with van der Waals surface area (Å²) >= 11 is 0. The third-order valence-corrected chi connectivity index (χ3v) is 6.11. The van der Waals surface area contributed by atoms with Gasteiger partial charge in [-0.25, -0.2) is 14.4 Å². The minimum Gasteiger partial charge on any atom is -0.444 e. The number of aromatic amines is 1. The Morgan fingerprint density at radius 1 is 1.00 bits per heavy atom. The molecular weight excluding hydrogens is 460 g/mol. The maximum atomic E-state index is 13.4. The van der Waals surface area contributed by atoms with Crippen molar-refractivity contribution in [1.82, 2.24) is 10.3 Å². The maximum absolute atomic E-state index is 13.4. The maximum Gasteiger partial charge on any atom is 0.408 e. The summed E-state index contributed by atoms with van der Waals surface area (Å²) in [4.78, 5) is 41.3. The largest absolute Gasteiger partial charge is 0.444 e. The van der Waals surface area contributed by atoms with Crippen LogP contribution >= 0.6 is 0 Å². The van der Waals surface area contributed by atoms with E-state index in [9.17, 15) is 14.4 Å². The number of nitrogens with one attached hydrogen (secondary N) is 2. The number of para-hydroxylation sites is 1. The van der Waals surface area contributed by atoms with Crippen LogP contribution < -0.4 is 15.7 Å². The zero-order valence-corrected chi connectivity index (χ0v) is 21.3. The Kier molecular flexibility index (Phi) is 6.63. The summed E-state index contributed by atoms with van der Waals surface area (Å²) < 4.78 is 16.6. The predicted octanol–water partition coefficient (Wildman–Crippen LogP) is 5.24. The van der Waals surface area contributed by atoms with Gasteiger partial charge in [0.2, 0.25) is 0 Å². The number of ether oxygens (including phenoxy) is 2. The molecule has 0 radical (unpaired) electrons. The van der Waals surface area contributed by atoms with E-state index in [0.29, 0.717) is 16.7 Å². The molecule has 2 heterocycles. The van der Waals surface area contributed by atoms with Crippen molar-refractivity contribution in [3.63, 3.8) is 0 Å². The van der Waals surface area contributed by atoms with E-state index in [1.165, 1.54) is 0 Å². The smallest absolute Gasteiger partial charge is 0.408 e. The van der Waals surface area contributed by atoms with Crippen LogP contribution in [0.3, 0.4) is 0 Å². The third kappa shape index (κ3) is 5.12. The van der Waals surface area contributed by atoms with Crippen molar-refractivity contribution in [1.29, 1.82) is 0 Å². The van der Waals surface area contributed by atoms with Gasteiger partial charge >= 0.3 is 17.7 Å². The molecule has 0 aliphatic rings. The highest BCUT2D eigenvalue weighted by molar-refractivity contribution is 5.89. The number of benzene rings is 2. The number of rotatable bonds is 5. The van der Waals surface area contributed by atoms with Crippen LogP contribution in [0.15, 0.2) is 51.8 Å². The molecule has 8 heteroatoms. The van der Waals surface area contributed by atoms with Gasteiger partial charge in [-0.2, -0.15) is 0 Å². The standard InChI is InChI=1S/C28H30N2O6/c1-15-16(2)25(31)35-24-17(3)23(12-11-19(15)24)34-26(32)22(30-27(33)36-28(4,5)6)13-18-14-29-21-10-8-7-9-20(18)21/h7-12,14,22,29H,13H2,1-6H3,(H,30,33)/t22-/m1/s1. The molecule has 1 atom stereocenters. The number of aryl methyl sites for hydroxylation is 2. The van der Waals surface area contributed by atoms with E-state index < -0.39 is 29.3 Å². The number of carbonyl (C=O) groups excluding carboxylic acids is 2. The summed E-state index contributed by atoms with van der Waals surface area (Å²) in [7, 11) is 0. The Morgan fingerprint density at radius 2 is 1.72 bits per heavy atom. The van der Waals surface area contributed by atoms with Crippen molar-refractivity contribution < 1.29 is 23.5 Å². The molecule has 36 heavy (non-hydrogen) atoms. The first kappa shape index (κ1) is 25.0. The van der Waals surface area contributed by atoms with Crippen LogP contribution in [0.1, 0.15) is 43.0 Å². The van der Waals surface area contributed by atoms with Gasteiger partial charge in [0, 0.05) is 40.0 Å². The first-order valence-corrected chi connectivity index (χ1v) is 11.7. The van der Waals surface area contributed by atoms with Crippen LogP contribution in [0.5, 0.6) is 5.75 Å². The van der Waals surface area contributed by atoms with Gasteiger partial charge in [0.1, 0.15) is 23.0 Å². The molecule has 0 aliphatic heterocycles. The van der Waals surface area contributed by atoms with Crippen LogP contribution in [0, 0.1) is 20.8 Å². The number of fused-ring (bicyclic) bond motifs is 2. The first-order chi connectivity index (χ1) is 16.9. The van der Waals surface area contributed by atoms with Crippen molar-refractivity contribution in [3.8, 4) is 5.75 Å². The van der Waals surface area contributed by atoms with E-state index in [2.05, 4.69) is 10.3 Å². The van der Waals surface area contributed by atoms with Gasteiger partial charge in [-0.05, 0) is 70.9 Å². The molecule has 2 aromatic heterocycles. The Bertz CT molecular complexity index is 1520. The Hall–Kier alpha value is -4.07. The molecule has 0 fully saturated rings. The second kappa shape index (κ2) is 9.53. The molecule has 4 aromatic rings. The molecule has 2 N–H and O–H groups in total. The quantitative estimate of drug-likeness (QED) is 0.225. The van der Waals surface area contributed by atoms with Crippen molar-refractivity contribution in [2.45, 2.75) is 59.6 Å².